The Bertz CT molecular complexity index is 480. The summed E-state index contributed by atoms with van der Waals surface area (Å²) in [6.07, 6.45) is -0.118. The first kappa shape index (κ1) is 15.8. The van der Waals surface area contributed by atoms with Gasteiger partial charge in [0, 0.05) is 6.54 Å². The van der Waals surface area contributed by atoms with Gasteiger partial charge in [0.05, 0.1) is 12.1 Å². The number of benzene rings is 1. The average molecular weight is 280 g/mol. The van der Waals surface area contributed by atoms with E-state index < -0.39 is 12.0 Å². The molecule has 1 aromatic carbocycles. The van der Waals surface area contributed by atoms with Crippen LogP contribution in [0.3, 0.4) is 0 Å². The van der Waals surface area contributed by atoms with Gasteiger partial charge in [-0.3, -0.25) is 4.79 Å². The molecule has 0 heterocycles. The van der Waals surface area contributed by atoms with E-state index in [1.54, 1.807) is 18.2 Å². The van der Waals surface area contributed by atoms with Gasteiger partial charge in [-0.05, 0) is 32.9 Å². The van der Waals surface area contributed by atoms with Crippen molar-refractivity contribution in [1.82, 2.24) is 5.32 Å². The highest BCUT2D eigenvalue weighted by Gasteiger charge is 2.15. The minimum atomic E-state index is -0.957. The molecule has 6 nitrogen and oxygen atoms in total. The molecular weight excluding hydrogens is 260 g/mol. The molecular formula is C14H20N2O4. The number of rotatable bonds is 5. The number of carboxylic acids is 1. The zero-order chi connectivity index (χ0) is 15.2. The lowest BCUT2D eigenvalue weighted by molar-refractivity contribution is -0.136. The molecule has 20 heavy (non-hydrogen) atoms. The number of carbonyl (C=O) groups excluding carboxylic acids is 1. The van der Waals surface area contributed by atoms with Crippen LogP contribution in [0.5, 0.6) is 5.75 Å². The molecule has 3 N–H and O–H groups in total. The van der Waals surface area contributed by atoms with Crippen molar-refractivity contribution in [3.63, 3.8) is 0 Å². The fourth-order valence-electron chi connectivity index (χ4n) is 1.44. The highest BCUT2D eigenvalue weighted by atomic mass is 16.5. The van der Waals surface area contributed by atoms with E-state index in [4.69, 9.17) is 9.84 Å². The monoisotopic (exact) mass is 280 g/mol. The van der Waals surface area contributed by atoms with E-state index in [1.807, 2.05) is 26.8 Å². The smallest absolute Gasteiger partial charge is 0.319 e. The number of nitrogens with one attached hydrogen (secondary N) is 2. The van der Waals surface area contributed by atoms with Crippen LogP contribution in [0.4, 0.5) is 10.5 Å². The first-order chi connectivity index (χ1) is 9.28. The van der Waals surface area contributed by atoms with Gasteiger partial charge in [-0.2, -0.15) is 0 Å². The molecule has 0 saturated heterocycles. The third-order valence-electron chi connectivity index (χ3n) is 2.18. The normalized spacial score (nSPS) is 10.8. The Morgan fingerprint density at radius 3 is 2.50 bits per heavy atom. The van der Waals surface area contributed by atoms with Crippen LogP contribution in [0.15, 0.2) is 24.3 Å². The number of hydrogen-bond donors (Lipinski definition) is 3. The number of amides is 2. The van der Waals surface area contributed by atoms with Crippen molar-refractivity contribution >= 4 is 17.7 Å². The van der Waals surface area contributed by atoms with Crippen LogP contribution in [0.1, 0.15) is 27.2 Å². The summed E-state index contributed by atoms with van der Waals surface area (Å²) in [5.74, 6) is -0.393. The summed E-state index contributed by atoms with van der Waals surface area (Å²) in [5, 5.41) is 13.6. The maximum Gasteiger partial charge on any atom is 0.319 e. The van der Waals surface area contributed by atoms with E-state index >= 15 is 0 Å². The summed E-state index contributed by atoms with van der Waals surface area (Å²) in [4.78, 5) is 22.0. The molecule has 0 bridgehead atoms. The van der Waals surface area contributed by atoms with Crippen molar-refractivity contribution in [3.05, 3.63) is 24.3 Å². The molecule has 0 aliphatic rings. The average Bonchev–Trinajstić information content (AvgIpc) is 2.29. The quantitative estimate of drug-likeness (QED) is 0.773. The second-order valence-electron chi connectivity index (χ2n) is 5.24. The second kappa shape index (κ2) is 6.79. The Hall–Kier alpha value is -2.24. The zero-order valence-corrected chi connectivity index (χ0v) is 11.9. The molecule has 6 heteroatoms. The zero-order valence-electron chi connectivity index (χ0n) is 11.9. The maximum atomic E-state index is 11.6. The first-order valence-electron chi connectivity index (χ1n) is 6.32. The van der Waals surface area contributed by atoms with Crippen molar-refractivity contribution in [3.8, 4) is 5.75 Å². The van der Waals surface area contributed by atoms with Crippen LogP contribution in [0.25, 0.3) is 0 Å². The first-order valence-corrected chi connectivity index (χ1v) is 6.32. The lowest BCUT2D eigenvalue weighted by atomic mass is 10.2. The maximum absolute atomic E-state index is 11.6. The molecule has 0 aliphatic heterocycles. The standard InChI is InChI=1S/C14H20N2O4/c1-14(2,3)20-11-7-5-4-6-10(11)16-13(19)15-9-8-12(17)18/h4-7H,8-9H2,1-3H3,(H,17,18)(H2,15,16,19). The predicted molar refractivity (Wildman–Crippen MR) is 76.1 cm³/mol. The summed E-state index contributed by atoms with van der Waals surface area (Å²) in [7, 11) is 0. The van der Waals surface area contributed by atoms with Gasteiger partial charge in [0.25, 0.3) is 0 Å². The van der Waals surface area contributed by atoms with Crippen molar-refractivity contribution < 1.29 is 19.4 Å². The van der Waals surface area contributed by atoms with Crippen molar-refractivity contribution in [2.45, 2.75) is 32.8 Å². The Labute approximate surface area is 118 Å². The van der Waals surface area contributed by atoms with Gasteiger partial charge >= 0.3 is 12.0 Å². The number of para-hydroxylation sites is 2. The van der Waals surface area contributed by atoms with E-state index in [9.17, 15) is 9.59 Å². The minimum absolute atomic E-state index is 0.0729. The molecule has 0 spiro atoms. The number of carbonyl (C=O) groups is 2. The number of hydrogen-bond acceptors (Lipinski definition) is 3. The highest BCUT2D eigenvalue weighted by molar-refractivity contribution is 5.91. The number of anilines is 1. The fourth-order valence-corrected chi connectivity index (χ4v) is 1.44. The third-order valence-corrected chi connectivity index (χ3v) is 2.18. The largest absolute Gasteiger partial charge is 0.486 e. The van der Waals surface area contributed by atoms with E-state index in [0.29, 0.717) is 11.4 Å². The molecule has 0 aliphatic carbocycles. The van der Waals surface area contributed by atoms with Crippen molar-refractivity contribution in [2.75, 3.05) is 11.9 Å². The molecule has 0 radical (unpaired) electrons. The van der Waals surface area contributed by atoms with Crippen LogP contribution in [-0.2, 0) is 4.79 Å². The number of urea groups is 1. The Balaban J connectivity index is 2.63. The summed E-state index contributed by atoms with van der Waals surface area (Å²) >= 11 is 0. The molecule has 0 atom stereocenters. The number of carboxylic acid groups (broad SMARTS) is 1. The van der Waals surface area contributed by atoms with Crippen molar-refractivity contribution in [2.24, 2.45) is 0 Å². The van der Waals surface area contributed by atoms with Crippen molar-refractivity contribution in [1.29, 1.82) is 0 Å². The van der Waals surface area contributed by atoms with Crippen LogP contribution in [0, 0.1) is 0 Å². The van der Waals surface area contributed by atoms with Gasteiger partial charge in [0.15, 0.2) is 0 Å². The summed E-state index contributed by atoms with van der Waals surface area (Å²) in [6, 6.07) is 6.61. The van der Waals surface area contributed by atoms with Crippen LogP contribution in [-0.4, -0.2) is 29.3 Å². The van der Waals surface area contributed by atoms with Crippen LogP contribution in [0.2, 0.25) is 0 Å². The topological polar surface area (TPSA) is 87.7 Å². The lowest BCUT2D eigenvalue weighted by Gasteiger charge is -2.23. The van der Waals surface area contributed by atoms with E-state index in [2.05, 4.69) is 10.6 Å². The molecule has 1 rings (SSSR count). The fraction of sp³-hybridized carbons (Fsp3) is 0.429. The van der Waals surface area contributed by atoms with Gasteiger partial charge in [-0.1, -0.05) is 12.1 Å². The van der Waals surface area contributed by atoms with Crippen LogP contribution >= 0.6 is 0 Å². The lowest BCUT2D eigenvalue weighted by Crippen LogP contribution is -2.31. The SMILES string of the molecule is CC(C)(C)Oc1ccccc1NC(=O)NCCC(=O)O. The molecule has 2 amide bonds. The molecule has 0 fully saturated rings. The van der Waals surface area contributed by atoms with Gasteiger partial charge in [-0.15, -0.1) is 0 Å². The Morgan fingerprint density at radius 2 is 1.90 bits per heavy atom. The summed E-state index contributed by atoms with van der Waals surface area (Å²) in [6.45, 7) is 5.81. The summed E-state index contributed by atoms with van der Waals surface area (Å²) in [5.41, 5.74) is 0.160. The number of ether oxygens (including phenoxy) is 1. The van der Waals surface area contributed by atoms with Gasteiger partial charge in [-0.25, -0.2) is 4.79 Å². The predicted octanol–water partition coefficient (Wildman–Crippen LogP) is 2.46. The number of aliphatic carboxylic acids is 1. The van der Waals surface area contributed by atoms with Gasteiger partial charge in [0.2, 0.25) is 0 Å². The van der Waals surface area contributed by atoms with E-state index in [1.165, 1.54) is 0 Å². The Kier molecular flexibility index (Phi) is 5.37. The molecule has 0 saturated carbocycles. The molecule has 0 unspecified atom stereocenters. The van der Waals surface area contributed by atoms with Gasteiger partial charge in [0.1, 0.15) is 11.4 Å². The van der Waals surface area contributed by atoms with Gasteiger partial charge < -0.3 is 20.5 Å². The third kappa shape index (κ3) is 6.08. The summed E-state index contributed by atoms with van der Waals surface area (Å²) < 4.78 is 5.74. The minimum Gasteiger partial charge on any atom is -0.486 e. The molecule has 110 valence electrons. The molecule has 0 aromatic heterocycles. The van der Waals surface area contributed by atoms with Crippen LogP contribution < -0.4 is 15.4 Å². The Morgan fingerprint density at radius 1 is 1.25 bits per heavy atom. The highest BCUT2D eigenvalue weighted by Crippen LogP contribution is 2.27. The second-order valence-corrected chi connectivity index (χ2v) is 5.24. The molecule has 1 aromatic rings. The van der Waals surface area contributed by atoms with E-state index in [0.717, 1.165) is 0 Å². The van der Waals surface area contributed by atoms with E-state index in [-0.39, 0.29) is 18.6 Å².